The van der Waals surface area contributed by atoms with E-state index in [1.165, 1.54) is 17.8 Å². The summed E-state index contributed by atoms with van der Waals surface area (Å²) in [6.07, 6.45) is 1.56. The standard InChI is InChI=1S/C12H14ClFN4S/c1-18-12(8(13)6-16-18)10(17-15)7-19-11-5-3-2-4-9(11)14/h2-6,10,17H,7,15H2,1H3. The van der Waals surface area contributed by atoms with Crippen molar-refractivity contribution in [1.29, 1.82) is 0 Å². The van der Waals surface area contributed by atoms with E-state index >= 15 is 0 Å². The zero-order valence-corrected chi connectivity index (χ0v) is 11.9. The Morgan fingerprint density at radius 3 is 2.84 bits per heavy atom. The second-order valence-electron chi connectivity index (χ2n) is 3.96. The van der Waals surface area contributed by atoms with Gasteiger partial charge in [-0.3, -0.25) is 16.0 Å². The summed E-state index contributed by atoms with van der Waals surface area (Å²) < 4.78 is 15.2. The first-order valence-electron chi connectivity index (χ1n) is 5.64. The monoisotopic (exact) mass is 300 g/mol. The topological polar surface area (TPSA) is 55.9 Å². The predicted molar refractivity (Wildman–Crippen MR) is 75.4 cm³/mol. The van der Waals surface area contributed by atoms with Crippen molar-refractivity contribution in [3.8, 4) is 0 Å². The molecule has 0 amide bonds. The third-order valence-electron chi connectivity index (χ3n) is 2.71. The molecule has 19 heavy (non-hydrogen) atoms. The maximum Gasteiger partial charge on any atom is 0.136 e. The lowest BCUT2D eigenvalue weighted by molar-refractivity contribution is 0.553. The first-order valence-corrected chi connectivity index (χ1v) is 7.00. The predicted octanol–water partition coefficient (Wildman–Crippen LogP) is 2.51. The lowest BCUT2D eigenvalue weighted by Crippen LogP contribution is -2.31. The zero-order chi connectivity index (χ0) is 13.8. The Hall–Kier alpha value is -1.08. The number of halogens is 2. The minimum Gasteiger partial charge on any atom is -0.271 e. The first kappa shape index (κ1) is 14.3. The Morgan fingerprint density at radius 1 is 1.53 bits per heavy atom. The molecule has 1 aromatic carbocycles. The van der Waals surface area contributed by atoms with E-state index < -0.39 is 0 Å². The van der Waals surface area contributed by atoms with Crippen LogP contribution in [0.1, 0.15) is 11.7 Å². The minimum atomic E-state index is -0.237. The third-order valence-corrected chi connectivity index (χ3v) is 4.14. The molecule has 1 unspecified atom stereocenters. The number of aromatic nitrogens is 2. The molecule has 0 aliphatic rings. The summed E-state index contributed by atoms with van der Waals surface area (Å²) in [5.41, 5.74) is 3.47. The first-order chi connectivity index (χ1) is 9.13. The van der Waals surface area contributed by atoms with Gasteiger partial charge in [0.2, 0.25) is 0 Å². The fourth-order valence-corrected chi connectivity index (χ4v) is 3.03. The number of benzene rings is 1. The number of hydrogen-bond acceptors (Lipinski definition) is 4. The van der Waals surface area contributed by atoms with Crippen LogP contribution in [0.2, 0.25) is 5.02 Å². The number of hydrogen-bond donors (Lipinski definition) is 2. The molecule has 3 N–H and O–H groups in total. The van der Waals surface area contributed by atoms with Crippen LogP contribution in [-0.4, -0.2) is 15.5 Å². The van der Waals surface area contributed by atoms with Crippen molar-refractivity contribution in [3.63, 3.8) is 0 Å². The highest BCUT2D eigenvalue weighted by atomic mass is 35.5. The lowest BCUT2D eigenvalue weighted by Gasteiger charge is -2.16. The molecule has 0 aliphatic carbocycles. The molecule has 0 bridgehead atoms. The van der Waals surface area contributed by atoms with Gasteiger partial charge in [0.1, 0.15) is 5.82 Å². The number of aryl methyl sites for hydroxylation is 1. The van der Waals surface area contributed by atoms with Crippen LogP contribution in [0.3, 0.4) is 0 Å². The Kier molecular flexibility index (Phi) is 4.81. The van der Waals surface area contributed by atoms with Gasteiger partial charge in [-0.2, -0.15) is 5.10 Å². The molecule has 0 radical (unpaired) electrons. The Morgan fingerprint density at radius 2 is 2.26 bits per heavy atom. The maximum absolute atomic E-state index is 13.5. The molecule has 102 valence electrons. The quantitative estimate of drug-likeness (QED) is 0.506. The largest absolute Gasteiger partial charge is 0.271 e. The fourth-order valence-electron chi connectivity index (χ4n) is 1.75. The average molecular weight is 301 g/mol. The van der Waals surface area contributed by atoms with Gasteiger partial charge in [-0.25, -0.2) is 4.39 Å². The second kappa shape index (κ2) is 6.38. The molecule has 0 spiro atoms. The van der Waals surface area contributed by atoms with Crippen molar-refractivity contribution in [3.05, 3.63) is 47.0 Å². The van der Waals surface area contributed by atoms with E-state index in [-0.39, 0.29) is 11.9 Å². The van der Waals surface area contributed by atoms with Gasteiger partial charge in [-0.05, 0) is 12.1 Å². The average Bonchev–Trinajstić information content (AvgIpc) is 2.73. The smallest absolute Gasteiger partial charge is 0.136 e. The highest BCUT2D eigenvalue weighted by molar-refractivity contribution is 7.99. The Bertz CT molecular complexity index is 541. The van der Waals surface area contributed by atoms with E-state index in [0.717, 1.165) is 5.69 Å². The summed E-state index contributed by atoms with van der Waals surface area (Å²) in [7, 11) is 1.79. The van der Waals surface area contributed by atoms with Crippen LogP contribution >= 0.6 is 23.4 Å². The molecule has 0 saturated carbocycles. The third kappa shape index (κ3) is 3.27. The number of rotatable bonds is 5. The molecule has 2 aromatic rings. The molecule has 0 saturated heterocycles. The van der Waals surface area contributed by atoms with E-state index in [1.807, 2.05) is 0 Å². The number of hydrazine groups is 1. The van der Waals surface area contributed by atoms with E-state index in [9.17, 15) is 4.39 Å². The van der Waals surface area contributed by atoms with Gasteiger partial charge in [0, 0.05) is 17.7 Å². The summed E-state index contributed by atoms with van der Waals surface area (Å²) in [4.78, 5) is 0.584. The van der Waals surface area contributed by atoms with E-state index in [0.29, 0.717) is 15.7 Å². The number of nitrogens with two attached hydrogens (primary N) is 1. The molecule has 1 heterocycles. The van der Waals surface area contributed by atoms with Gasteiger partial charge in [-0.15, -0.1) is 11.8 Å². The molecule has 2 rings (SSSR count). The molecule has 4 nitrogen and oxygen atoms in total. The van der Waals surface area contributed by atoms with Crippen LogP contribution in [0.4, 0.5) is 4.39 Å². The van der Waals surface area contributed by atoms with Gasteiger partial charge in [0.05, 0.1) is 23.0 Å². The van der Waals surface area contributed by atoms with Gasteiger partial charge >= 0.3 is 0 Å². The second-order valence-corrected chi connectivity index (χ2v) is 5.43. The minimum absolute atomic E-state index is 0.204. The van der Waals surface area contributed by atoms with Gasteiger partial charge in [-0.1, -0.05) is 23.7 Å². The SMILES string of the molecule is Cn1ncc(Cl)c1C(CSc1ccccc1F)NN. The maximum atomic E-state index is 13.5. The number of nitrogens with one attached hydrogen (secondary N) is 1. The van der Waals surface area contributed by atoms with Crippen LogP contribution in [0.15, 0.2) is 35.4 Å². The number of thioether (sulfide) groups is 1. The normalized spacial score (nSPS) is 12.6. The van der Waals surface area contributed by atoms with Crippen LogP contribution < -0.4 is 11.3 Å². The highest BCUT2D eigenvalue weighted by Crippen LogP contribution is 2.29. The van der Waals surface area contributed by atoms with Crippen molar-refractivity contribution in [2.45, 2.75) is 10.9 Å². The van der Waals surface area contributed by atoms with Crippen molar-refractivity contribution in [1.82, 2.24) is 15.2 Å². The fraction of sp³-hybridized carbons (Fsp3) is 0.250. The summed E-state index contributed by atoms with van der Waals surface area (Å²) >= 11 is 7.45. The van der Waals surface area contributed by atoms with Crippen molar-refractivity contribution in [2.24, 2.45) is 12.9 Å². The van der Waals surface area contributed by atoms with Crippen LogP contribution in [0.5, 0.6) is 0 Å². The van der Waals surface area contributed by atoms with Crippen molar-refractivity contribution < 1.29 is 4.39 Å². The van der Waals surface area contributed by atoms with Crippen LogP contribution in [-0.2, 0) is 7.05 Å². The van der Waals surface area contributed by atoms with Crippen molar-refractivity contribution in [2.75, 3.05) is 5.75 Å². The molecule has 1 atom stereocenters. The lowest BCUT2D eigenvalue weighted by atomic mass is 10.2. The Balaban J connectivity index is 2.11. The van der Waals surface area contributed by atoms with E-state index in [4.69, 9.17) is 17.4 Å². The zero-order valence-electron chi connectivity index (χ0n) is 10.3. The highest BCUT2D eigenvalue weighted by Gasteiger charge is 2.18. The summed E-state index contributed by atoms with van der Waals surface area (Å²) in [6.45, 7) is 0. The molecular formula is C12H14ClFN4S. The molecule has 0 aliphatic heterocycles. The summed E-state index contributed by atoms with van der Waals surface area (Å²) in [5, 5.41) is 4.60. The molecule has 0 fully saturated rings. The Labute approximate surface area is 120 Å². The van der Waals surface area contributed by atoms with Crippen molar-refractivity contribution >= 4 is 23.4 Å². The van der Waals surface area contributed by atoms with Gasteiger partial charge < -0.3 is 0 Å². The van der Waals surface area contributed by atoms with E-state index in [1.54, 1.807) is 36.1 Å². The van der Waals surface area contributed by atoms with Crippen LogP contribution in [0, 0.1) is 5.82 Å². The van der Waals surface area contributed by atoms with Crippen LogP contribution in [0.25, 0.3) is 0 Å². The molecule has 1 aromatic heterocycles. The molecule has 7 heteroatoms. The molecular weight excluding hydrogens is 287 g/mol. The van der Waals surface area contributed by atoms with E-state index in [2.05, 4.69) is 10.5 Å². The summed E-state index contributed by atoms with van der Waals surface area (Å²) in [5.74, 6) is 5.86. The summed E-state index contributed by atoms with van der Waals surface area (Å²) in [6, 6.07) is 6.43. The number of nitrogens with zero attached hydrogens (tertiary/aromatic N) is 2. The van der Waals surface area contributed by atoms with Gasteiger partial charge in [0.15, 0.2) is 0 Å². The van der Waals surface area contributed by atoms with Gasteiger partial charge in [0.25, 0.3) is 0 Å².